The van der Waals surface area contributed by atoms with Gasteiger partial charge in [0.2, 0.25) is 5.91 Å². The second-order valence-electron chi connectivity index (χ2n) is 9.87. The number of ether oxygens (including phenoxy) is 2. The van der Waals surface area contributed by atoms with Gasteiger partial charge in [-0.05, 0) is 59.7 Å². The first kappa shape index (κ1) is 27.7. The number of nitrogens with one attached hydrogen (secondary N) is 2. The lowest BCUT2D eigenvalue weighted by atomic mass is 10.0. The van der Waals surface area contributed by atoms with E-state index in [0.29, 0.717) is 42.3 Å². The Balaban J connectivity index is 1.48. The topological polar surface area (TPSA) is 97.0 Å². The van der Waals surface area contributed by atoms with E-state index >= 15 is 0 Å². The Morgan fingerprint density at radius 2 is 1.59 bits per heavy atom. The van der Waals surface area contributed by atoms with E-state index in [4.69, 9.17) is 9.47 Å². The molecule has 0 spiro atoms. The molecular formula is C31H35N3O5. The summed E-state index contributed by atoms with van der Waals surface area (Å²) in [5.74, 6) is 0.212. The van der Waals surface area contributed by atoms with Crippen LogP contribution in [0, 0.1) is 0 Å². The average Bonchev–Trinajstić information content (AvgIpc) is 3.46. The highest BCUT2D eigenvalue weighted by Crippen LogP contribution is 2.24. The summed E-state index contributed by atoms with van der Waals surface area (Å²) in [6, 6.07) is 22.3. The van der Waals surface area contributed by atoms with Crippen LogP contribution in [0.2, 0.25) is 0 Å². The minimum atomic E-state index is -0.976. The zero-order valence-corrected chi connectivity index (χ0v) is 22.6. The van der Waals surface area contributed by atoms with Gasteiger partial charge in [0.05, 0.1) is 7.11 Å². The van der Waals surface area contributed by atoms with Crippen LogP contribution in [0.5, 0.6) is 5.75 Å². The van der Waals surface area contributed by atoms with Crippen LogP contribution >= 0.6 is 0 Å². The van der Waals surface area contributed by atoms with Gasteiger partial charge in [0.25, 0.3) is 5.91 Å². The largest absolute Gasteiger partial charge is 0.497 e. The third kappa shape index (κ3) is 7.16. The smallest absolute Gasteiger partial charge is 0.410 e. The van der Waals surface area contributed by atoms with Crippen molar-refractivity contribution in [1.82, 2.24) is 10.2 Å². The number of hydrogen-bond acceptors (Lipinski definition) is 5. The lowest BCUT2D eigenvalue weighted by Crippen LogP contribution is -2.48. The van der Waals surface area contributed by atoms with Crippen molar-refractivity contribution >= 4 is 23.6 Å². The van der Waals surface area contributed by atoms with E-state index in [0.717, 1.165) is 11.1 Å². The van der Waals surface area contributed by atoms with Crippen molar-refractivity contribution in [3.63, 3.8) is 0 Å². The van der Waals surface area contributed by atoms with Crippen LogP contribution in [0.3, 0.4) is 0 Å². The van der Waals surface area contributed by atoms with E-state index in [1.165, 1.54) is 4.90 Å². The molecule has 2 N–H and O–H groups in total. The standard InChI is InChI=1S/C31H35N3O5/c1-21(2)23-11-15-25(16-12-23)32-30(36)28(24-13-17-26(38-3)18-14-24)33-29(35)27-10-7-19-34(27)31(37)39-20-22-8-5-4-6-9-22/h4-6,8-9,11-18,21,27-28H,7,10,19-20H2,1-3H3,(H,32,36)(H,33,35). The van der Waals surface area contributed by atoms with E-state index in [1.807, 2.05) is 54.6 Å². The lowest BCUT2D eigenvalue weighted by Gasteiger charge is -2.26. The molecule has 1 heterocycles. The van der Waals surface area contributed by atoms with Gasteiger partial charge in [0, 0.05) is 12.2 Å². The fourth-order valence-electron chi connectivity index (χ4n) is 4.56. The van der Waals surface area contributed by atoms with E-state index in [1.54, 1.807) is 31.4 Å². The van der Waals surface area contributed by atoms with Gasteiger partial charge in [-0.3, -0.25) is 14.5 Å². The van der Waals surface area contributed by atoms with Crippen LogP contribution in [0.25, 0.3) is 0 Å². The first-order valence-corrected chi connectivity index (χ1v) is 13.2. The monoisotopic (exact) mass is 529 g/mol. The molecule has 204 valence electrons. The summed E-state index contributed by atoms with van der Waals surface area (Å²) in [6.07, 6.45) is 0.604. The van der Waals surface area contributed by atoms with Crippen molar-refractivity contribution in [3.8, 4) is 5.75 Å². The summed E-state index contributed by atoms with van der Waals surface area (Å²) in [6.45, 7) is 4.74. The molecule has 0 bridgehead atoms. The molecule has 0 aromatic heterocycles. The maximum Gasteiger partial charge on any atom is 0.410 e. The quantitative estimate of drug-likeness (QED) is 0.386. The minimum absolute atomic E-state index is 0.122. The molecule has 1 saturated heterocycles. The van der Waals surface area contributed by atoms with E-state index in [2.05, 4.69) is 24.5 Å². The highest BCUT2D eigenvalue weighted by Gasteiger charge is 2.37. The summed E-state index contributed by atoms with van der Waals surface area (Å²) < 4.78 is 10.7. The maximum absolute atomic E-state index is 13.5. The third-order valence-electron chi connectivity index (χ3n) is 6.84. The Labute approximate surface area is 229 Å². The summed E-state index contributed by atoms with van der Waals surface area (Å²) in [5, 5.41) is 5.79. The predicted octanol–water partition coefficient (Wildman–Crippen LogP) is 5.42. The number of hydrogen-bond donors (Lipinski definition) is 2. The van der Waals surface area contributed by atoms with Gasteiger partial charge in [-0.25, -0.2) is 4.79 Å². The number of benzene rings is 3. The molecule has 2 atom stereocenters. The highest BCUT2D eigenvalue weighted by atomic mass is 16.6. The van der Waals surface area contributed by atoms with Gasteiger partial charge >= 0.3 is 6.09 Å². The molecule has 39 heavy (non-hydrogen) atoms. The van der Waals surface area contributed by atoms with Crippen LogP contribution in [0.15, 0.2) is 78.9 Å². The van der Waals surface area contributed by atoms with Gasteiger partial charge < -0.3 is 20.1 Å². The second kappa shape index (κ2) is 13.0. The Kier molecular flexibility index (Phi) is 9.20. The molecule has 2 unspecified atom stereocenters. The van der Waals surface area contributed by atoms with Gasteiger partial charge in [-0.2, -0.15) is 0 Å². The number of amides is 3. The fraction of sp³-hybridized carbons (Fsp3) is 0.323. The zero-order chi connectivity index (χ0) is 27.8. The van der Waals surface area contributed by atoms with Crippen LogP contribution < -0.4 is 15.4 Å². The Morgan fingerprint density at radius 3 is 2.23 bits per heavy atom. The van der Waals surface area contributed by atoms with Crippen molar-refractivity contribution in [2.75, 3.05) is 19.0 Å². The molecule has 3 aromatic carbocycles. The maximum atomic E-state index is 13.5. The third-order valence-corrected chi connectivity index (χ3v) is 6.84. The van der Waals surface area contributed by atoms with Crippen molar-refractivity contribution in [1.29, 1.82) is 0 Å². The summed E-state index contributed by atoms with van der Waals surface area (Å²) in [7, 11) is 1.56. The molecular weight excluding hydrogens is 494 g/mol. The van der Waals surface area contributed by atoms with Crippen LogP contribution in [-0.2, 0) is 20.9 Å². The fourth-order valence-corrected chi connectivity index (χ4v) is 4.56. The number of likely N-dealkylation sites (tertiary alicyclic amines) is 1. The number of nitrogens with zero attached hydrogens (tertiary/aromatic N) is 1. The number of carbonyl (C=O) groups excluding carboxylic acids is 3. The van der Waals surface area contributed by atoms with E-state index in [9.17, 15) is 14.4 Å². The Hall–Kier alpha value is -4.33. The molecule has 8 nitrogen and oxygen atoms in total. The molecule has 0 radical (unpaired) electrons. The first-order valence-electron chi connectivity index (χ1n) is 13.2. The SMILES string of the molecule is COc1ccc(C(NC(=O)C2CCCN2C(=O)OCc2ccccc2)C(=O)Nc2ccc(C(C)C)cc2)cc1. The zero-order valence-electron chi connectivity index (χ0n) is 22.6. The minimum Gasteiger partial charge on any atom is -0.497 e. The Bertz CT molecular complexity index is 1260. The van der Waals surface area contributed by atoms with Gasteiger partial charge in [-0.1, -0.05) is 68.4 Å². The van der Waals surface area contributed by atoms with Gasteiger partial charge in [-0.15, -0.1) is 0 Å². The van der Waals surface area contributed by atoms with Crippen LogP contribution in [0.4, 0.5) is 10.5 Å². The summed E-state index contributed by atoms with van der Waals surface area (Å²) in [4.78, 5) is 41.2. The van der Waals surface area contributed by atoms with Gasteiger partial charge in [0.1, 0.15) is 24.4 Å². The lowest BCUT2D eigenvalue weighted by molar-refractivity contribution is -0.129. The predicted molar refractivity (Wildman–Crippen MR) is 149 cm³/mol. The van der Waals surface area contributed by atoms with Gasteiger partial charge in [0.15, 0.2) is 0 Å². The van der Waals surface area contributed by atoms with Crippen molar-refractivity contribution in [2.24, 2.45) is 0 Å². The highest BCUT2D eigenvalue weighted by molar-refractivity contribution is 5.99. The molecule has 4 rings (SSSR count). The second-order valence-corrected chi connectivity index (χ2v) is 9.87. The molecule has 0 saturated carbocycles. The summed E-state index contributed by atoms with van der Waals surface area (Å²) in [5.41, 5.74) is 3.25. The molecule has 1 fully saturated rings. The molecule has 3 aromatic rings. The number of carbonyl (C=O) groups is 3. The number of rotatable bonds is 9. The molecule has 1 aliphatic rings. The molecule has 0 aliphatic carbocycles. The number of methoxy groups -OCH3 is 1. The van der Waals surface area contributed by atoms with Crippen molar-refractivity contribution < 1.29 is 23.9 Å². The average molecular weight is 530 g/mol. The van der Waals surface area contributed by atoms with Crippen molar-refractivity contribution in [3.05, 3.63) is 95.6 Å². The molecule has 1 aliphatic heterocycles. The first-order chi connectivity index (χ1) is 18.9. The van der Waals surface area contributed by atoms with E-state index in [-0.39, 0.29) is 12.5 Å². The molecule has 8 heteroatoms. The van der Waals surface area contributed by atoms with E-state index < -0.39 is 24.1 Å². The molecule has 3 amide bonds. The Morgan fingerprint density at radius 1 is 0.923 bits per heavy atom. The normalized spacial score (nSPS) is 15.5. The summed E-state index contributed by atoms with van der Waals surface area (Å²) >= 11 is 0. The van der Waals surface area contributed by atoms with Crippen LogP contribution in [-0.4, -0.2) is 42.5 Å². The number of anilines is 1. The van der Waals surface area contributed by atoms with Crippen LogP contribution in [0.1, 0.15) is 55.3 Å². The van der Waals surface area contributed by atoms with Crippen molar-refractivity contribution in [2.45, 2.75) is 51.3 Å².